The molecule has 0 saturated heterocycles. The number of carbonyl (C=O) groups excluding carboxylic acids is 1. The van der Waals surface area contributed by atoms with E-state index in [-0.39, 0.29) is 10.7 Å². The van der Waals surface area contributed by atoms with E-state index in [1.54, 1.807) is 4.68 Å². The summed E-state index contributed by atoms with van der Waals surface area (Å²) in [6.07, 6.45) is 5.94. The van der Waals surface area contributed by atoms with Crippen molar-refractivity contribution in [2.75, 3.05) is 17.2 Å². The van der Waals surface area contributed by atoms with Crippen LogP contribution in [0.1, 0.15) is 35.1 Å². The van der Waals surface area contributed by atoms with Crippen molar-refractivity contribution in [3.63, 3.8) is 0 Å². The van der Waals surface area contributed by atoms with Gasteiger partial charge in [0, 0.05) is 18.8 Å². The Hall–Kier alpha value is -2.46. The molecule has 148 valence electrons. The van der Waals surface area contributed by atoms with Crippen molar-refractivity contribution in [1.29, 1.82) is 0 Å². The number of nitrogens with one attached hydrogen (secondary N) is 2. The molecule has 0 fully saturated rings. The zero-order chi connectivity index (χ0) is 19.5. The number of nitrogens with two attached hydrogens (primary N) is 1. The minimum absolute atomic E-state index is 0.121. The summed E-state index contributed by atoms with van der Waals surface area (Å²) in [7, 11) is -3.46. The molecular formula is C18H21FN6O2S. The number of aryl methyl sites for hydroxylation is 1. The first-order valence-corrected chi connectivity index (χ1v) is 11.0. The van der Waals surface area contributed by atoms with Gasteiger partial charge in [0.15, 0.2) is 0 Å². The lowest BCUT2D eigenvalue weighted by Gasteiger charge is -2.26. The van der Waals surface area contributed by atoms with Gasteiger partial charge < -0.3 is 10.6 Å². The molecule has 0 radical (unpaired) electrons. The van der Waals surface area contributed by atoms with Crippen LogP contribution in [-0.2, 0) is 42.1 Å². The molecule has 2 heterocycles. The number of hydrogen-bond acceptors (Lipinski definition) is 4. The molecule has 5 rings (SSSR count). The zero-order valence-corrected chi connectivity index (χ0v) is 16.1. The van der Waals surface area contributed by atoms with Gasteiger partial charge in [-0.25, -0.2) is 23.2 Å². The minimum atomic E-state index is -3.46. The molecule has 4 N–H and O–H groups in total. The number of rotatable bonds is 2. The maximum Gasteiger partial charge on any atom is 0.354 e. The van der Waals surface area contributed by atoms with Gasteiger partial charge in [0.25, 0.3) is 0 Å². The quantitative estimate of drug-likeness (QED) is 0.713. The molecule has 2 aliphatic carbocycles. The number of aromatic nitrogens is 2. The second-order valence-corrected chi connectivity index (χ2v) is 9.17. The van der Waals surface area contributed by atoms with Gasteiger partial charge in [-0.2, -0.15) is 5.10 Å². The highest BCUT2D eigenvalue weighted by molar-refractivity contribution is 7.91. The molecule has 10 heteroatoms. The third kappa shape index (κ3) is 2.62. The van der Waals surface area contributed by atoms with Crippen molar-refractivity contribution in [3.8, 4) is 0 Å². The normalized spacial score (nSPS) is 18.8. The molecule has 28 heavy (non-hydrogen) atoms. The summed E-state index contributed by atoms with van der Waals surface area (Å²) in [4.78, 5) is 12.8. The van der Waals surface area contributed by atoms with Crippen molar-refractivity contribution < 1.29 is 13.4 Å². The Labute approximate surface area is 162 Å². The largest absolute Gasteiger partial charge is 0.369 e. The Morgan fingerprint density at radius 3 is 2.71 bits per heavy atom. The van der Waals surface area contributed by atoms with Gasteiger partial charge in [-0.3, -0.25) is 0 Å². The lowest BCUT2D eigenvalue weighted by Crippen LogP contribution is -2.24. The summed E-state index contributed by atoms with van der Waals surface area (Å²) in [6, 6.07) is -0.780. The molecular weight excluding hydrogens is 383 g/mol. The van der Waals surface area contributed by atoms with E-state index in [4.69, 9.17) is 5.14 Å². The number of amides is 2. The Morgan fingerprint density at radius 2 is 1.93 bits per heavy atom. The van der Waals surface area contributed by atoms with Crippen LogP contribution < -0.4 is 15.8 Å². The van der Waals surface area contributed by atoms with Gasteiger partial charge >= 0.3 is 6.03 Å². The lowest BCUT2D eigenvalue weighted by atomic mass is 9.83. The van der Waals surface area contributed by atoms with Gasteiger partial charge in [0.1, 0.15) is 26.4 Å². The summed E-state index contributed by atoms with van der Waals surface area (Å²) in [5.74, 6) is 0.422. The second kappa shape index (κ2) is 6.28. The first-order chi connectivity index (χ1) is 13.5. The molecule has 1 aliphatic heterocycles. The number of nitrogens with zero attached hydrogens (tertiary/aromatic N) is 3. The topological polar surface area (TPSA) is 114 Å². The Kier molecular flexibility index (Phi) is 3.95. The van der Waals surface area contributed by atoms with Crippen LogP contribution in [0.5, 0.6) is 0 Å². The molecule has 1 aromatic heterocycles. The van der Waals surface area contributed by atoms with Crippen molar-refractivity contribution in [2.24, 2.45) is 9.50 Å². The molecule has 3 aliphatic rings. The molecule has 1 atom stereocenters. The smallest absolute Gasteiger partial charge is 0.354 e. The van der Waals surface area contributed by atoms with Crippen LogP contribution in [0, 0.1) is 5.82 Å². The number of hydrogen-bond donors (Lipinski definition) is 3. The molecule has 0 spiro atoms. The number of benzene rings is 1. The van der Waals surface area contributed by atoms with Crippen LogP contribution in [0.3, 0.4) is 0 Å². The maximum absolute atomic E-state index is 14.5. The second-order valence-electron chi connectivity index (χ2n) is 7.41. The van der Waals surface area contributed by atoms with Crippen LogP contribution in [0.2, 0.25) is 0 Å². The van der Waals surface area contributed by atoms with E-state index in [2.05, 4.69) is 20.1 Å². The SMILES string of the molecule is NS(=O)(=NC(=O)Nc1c2c(c(F)c3c1CC3)CCC2)c1cnn2c1NCCC2. The molecule has 1 unspecified atom stereocenters. The average Bonchev–Trinajstić information content (AvgIpc) is 3.26. The first-order valence-electron chi connectivity index (χ1n) is 9.46. The van der Waals surface area contributed by atoms with Gasteiger partial charge in [0.05, 0.1) is 6.20 Å². The van der Waals surface area contributed by atoms with E-state index in [1.807, 2.05) is 0 Å². The molecule has 0 saturated carbocycles. The summed E-state index contributed by atoms with van der Waals surface area (Å²) >= 11 is 0. The third-order valence-electron chi connectivity index (χ3n) is 5.75. The van der Waals surface area contributed by atoms with Crippen molar-refractivity contribution in [1.82, 2.24) is 9.78 Å². The predicted octanol–water partition coefficient (Wildman–Crippen LogP) is 2.36. The number of halogens is 1. The molecule has 8 nitrogen and oxygen atoms in total. The van der Waals surface area contributed by atoms with E-state index >= 15 is 0 Å². The van der Waals surface area contributed by atoms with Crippen LogP contribution in [-0.4, -0.2) is 26.6 Å². The summed E-state index contributed by atoms with van der Waals surface area (Å²) < 4.78 is 32.9. The number of anilines is 2. The third-order valence-corrected chi connectivity index (χ3v) is 7.12. The van der Waals surface area contributed by atoms with Crippen LogP contribution in [0.4, 0.5) is 20.7 Å². The minimum Gasteiger partial charge on any atom is -0.369 e. The highest BCUT2D eigenvalue weighted by atomic mass is 32.2. The van der Waals surface area contributed by atoms with Crippen LogP contribution in [0.15, 0.2) is 15.5 Å². The summed E-state index contributed by atoms with van der Waals surface area (Å²) in [6.45, 7) is 1.41. The van der Waals surface area contributed by atoms with E-state index in [0.29, 0.717) is 61.4 Å². The Balaban J connectivity index is 1.49. The highest BCUT2D eigenvalue weighted by Gasteiger charge is 2.31. The fourth-order valence-corrected chi connectivity index (χ4v) is 5.38. The number of carbonyl (C=O) groups is 1. The van der Waals surface area contributed by atoms with E-state index in [9.17, 15) is 13.4 Å². The Bertz CT molecular complexity index is 1130. The number of fused-ring (bicyclic) bond motifs is 3. The monoisotopic (exact) mass is 404 g/mol. The summed E-state index contributed by atoms with van der Waals surface area (Å²) in [5, 5.41) is 16.0. The number of urea groups is 1. The fraction of sp³-hybridized carbons (Fsp3) is 0.444. The van der Waals surface area contributed by atoms with E-state index in [0.717, 1.165) is 24.0 Å². The van der Waals surface area contributed by atoms with Crippen molar-refractivity contribution in [3.05, 3.63) is 34.3 Å². The van der Waals surface area contributed by atoms with Gasteiger partial charge in [-0.1, -0.05) is 0 Å². The standard InChI is InChI=1S/C18H21FN6O2S/c19-15-10-3-1-4-12(10)16(13-6-5-11(13)15)23-18(26)24-28(20,27)14-9-22-25-8-2-7-21-17(14)25/h9,21H,1-8H2,(H3,20,23,24,26,27). The molecule has 2 aromatic rings. The van der Waals surface area contributed by atoms with Crippen LogP contribution >= 0.6 is 0 Å². The first kappa shape index (κ1) is 17.6. The Morgan fingerprint density at radius 1 is 1.21 bits per heavy atom. The lowest BCUT2D eigenvalue weighted by molar-refractivity contribution is 0.260. The van der Waals surface area contributed by atoms with Crippen LogP contribution in [0.25, 0.3) is 0 Å². The summed E-state index contributed by atoms with van der Waals surface area (Å²) in [5.41, 5.74) is 3.67. The fourth-order valence-electron chi connectivity index (χ4n) is 4.34. The molecule has 1 aromatic carbocycles. The van der Waals surface area contributed by atoms with Crippen molar-refractivity contribution >= 4 is 27.5 Å². The highest BCUT2D eigenvalue weighted by Crippen LogP contribution is 2.42. The van der Waals surface area contributed by atoms with Gasteiger partial charge in [0.2, 0.25) is 0 Å². The van der Waals surface area contributed by atoms with E-state index < -0.39 is 15.9 Å². The maximum atomic E-state index is 14.5. The average molecular weight is 404 g/mol. The van der Waals surface area contributed by atoms with Gasteiger partial charge in [-0.05, 0) is 60.8 Å². The molecule has 2 amide bonds. The zero-order valence-electron chi connectivity index (χ0n) is 15.3. The van der Waals surface area contributed by atoms with Gasteiger partial charge in [-0.15, -0.1) is 4.36 Å². The molecule has 0 bridgehead atoms. The van der Waals surface area contributed by atoms with E-state index in [1.165, 1.54) is 6.20 Å². The predicted molar refractivity (Wildman–Crippen MR) is 103 cm³/mol. The van der Waals surface area contributed by atoms with Crippen molar-refractivity contribution in [2.45, 2.75) is 50.0 Å².